The standard InChI is InChI=1S/C24H24N8.Cl2O/c1-30-13-18(12-28-30)16-6-22(24-17(9-25)11-29-31(24)14-16)15-2-5-23(27-10-15)32-20-3-4-21(32)8-19(26)7-20;1-3-2/h2,5-6,10-14,19-21H,3-4,7-8,26H2,1H3;/t19-,20-,21+;. The van der Waals surface area contributed by atoms with Crippen LogP contribution in [0.3, 0.4) is 0 Å². The lowest BCUT2D eigenvalue weighted by Crippen LogP contribution is -2.47. The van der Waals surface area contributed by atoms with Gasteiger partial charge >= 0.3 is 0 Å². The highest BCUT2D eigenvalue weighted by Gasteiger charge is 2.40. The molecule has 2 bridgehead atoms. The van der Waals surface area contributed by atoms with Gasteiger partial charge in [0.05, 0.1) is 47.2 Å². The van der Waals surface area contributed by atoms with E-state index in [-0.39, 0.29) is 0 Å². The summed E-state index contributed by atoms with van der Waals surface area (Å²) in [7, 11) is 1.90. The zero-order valence-electron chi connectivity index (χ0n) is 19.1. The smallest absolute Gasteiger partial charge is 0.129 e. The summed E-state index contributed by atoms with van der Waals surface area (Å²) in [6.45, 7) is 0. The van der Waals surface area contributed by atoms with Gasteiger partial charge in [-0.3, -0.25) is 4.68 Å². The Morgan fingerprint density at radius 3 is 2.37 bits per heavy atom. The fraction of sp³-hybridized carbons (Fsp3) is 0.333. The van der Waals surface area contributed by atoms with E-state index in [2.05, 4.69) is 66.9 Å². The Bertz CT molecular complexity index is 1360. The third-order valence-electron chi connectivity index (χ3n) is 6.86. The maximum absolute atomic E-state index is 9.64. The molecule has 9 nitrogen and oxygen atoms in total. The van der Waals surface area contributed by atoms with Gasteiger partial charge < -0.3 is 10.6 Å². The first-order valence-electron chi connectivity index (χ1n) is 11.3. The quantitative estimate of drug-likeness (QED) is 0.433. The summed E-state index contributed by atoms with van der Waals surface area (Å²) in [5.41, 5.74) is 11.5. The number of nitrogens with two attached hydrogens (primary N) is 1. The number of nitrogens with zero attached hydrogens (tertiary/aromatic N) is 7. The lowest BCUT2D eigenvalue weighted by Gasteiger charge is -2.38. The van der Waals surface area contributed by atoms with E-state index in [0.717, 1.165) is 46.4 Å². The minimum atomic E-state index is 0.304. The van der Waals surface area contributed by atoms with E-state index in [1.165, 1.54) is 12.8 Å². The van der Waals surface area contributed by atoms with E-state index in [9.17, 15) is 5.26 Å². The van der Waals surface area contributed by atoms with E-state index in [1.54, 1.807) is 15.4 Å². The van der Waals surface area contributed by atoms with Crippen LogP contribution < -0.4 is 10.6 Å². The predicted molar refractivity (Wildman–Crippen MR) is 135 cm³/mol. The molecule has 0 aromatic carbocycles. The van der Waals surface area contributed by atoms with Gasteiger partial charge in [0.25, 0.3) is 0 Å². The van der Waals surface area contributed by atoms with Crippen molar-refractivity contribution >= 4 is 35.1 Å². The van der Waals surface area contributed by atoms with Crippen LogP contribution in [0, 0.1) is 11.3 Å². The maximum Gasteiger partial charge on any atom is 0.129 e. The average Bonchev–Trinajstić information content (AvgIpc) is 3.55. The van der Waals surface area contributed by atoms with Crippen LogP contribution in [0.5, 0.6) is 0 Å². The molecule has 180 valence electrons. The number of nitriles is 1. The molecule has 11 heteroatoms. The monoisotopic (exact) mass is 510 g/mol. The zero-order valence-corrected chi connectivity index (χ0v) is 20.6. The molecule has 4 aromatic rings. The normalized spacial score (nSPS) is 21.0. The number of halogens is 2. The number of hydrogen-bond donors (Lipinski definition) is 1. The van der Waals surface area contributed by atoms with Crippen LogP contribution in [-0.4, -0.2) is 42.5 Å². The molecular weight excluding hydrogens is 487 g/mol. The highest BCUT2D eigenvalue weighted by atomic mass is 35.6. The summed E-state index contributed by atoms with van der Waals surface area (Å²) in [6.07, 6.45) is 13.7. The molecule has 35 heavy (non-hydrogen) atoms. The van der Waals surface area contributed by atoms with Crippen molar-refractivity contribution in [2.45, 2.75) is 43.8 Å². The van der Waals surface area contributed by atoms with Gasteiger partial charge in [-0.15, -0.1) is 0 Å². The summed E-state index contributed by atoms with van der Waals surface area (Å²) in [5, 5.41) is 18.4. The van der Waals surface area contributed by atoms with Gasteiger partial charge in [0.2, 0.25) is 0 Å². The molecular formula is C24H24Cl2N8O. The molecule has 0 radical (unpaired) electrons. The molecule has 0 unspecified atom stereocenters. The van der Waals surface area contributed by atoms with Crippen molar-refractivity contribution in [3.63, 3.8) is 0 Å². The number of piperidine rings is 1. The van der Waals surface area contributed by atoms with Gasteiger partial charge in [-0.25, -0.2) is 9.50 Å². The second-order valence-corrected chi connectivity index (χ2v) is 9.46. The van der Waals surface area contributed by atoms with E-state index in [4.69, 9.17) is 10.7 Å². The van der Waals surface area contributed by atoms with Crippen molar-refractivity contribution in [1.29, 1.82) is 5.26 Å². The minimum Gasteiger partial charge on any atom is -0.351 e. The van der Waals surface area contributed by atoms with Gasteiger partial charge in [-0.2, -0.15) is 19.3 Å². The van der Waals surface area contributed by atoms with Crippen molar-refractivity contribution in [1.82, 2.24) is 24.4 Å². The lowest BCUT2D eigenvalue weighted by molar-refractivity contribution is 0.412. The Labute approximate surface area is 213 Å². The maximum atomic E-state index is 9.64. The van der Waals surface area contributed by atoms with Crippen molar-refractivity contribution in [3.8, 4) is 28.3 Å². The third kappa shape index (κ3) is 4.46. The van der Waals surface area contributed by atoms with E-state index in [1.807, 2.05) is 31.8 Å². The highest BCUT2D eigenvalue weighted by Crippen LogP contribution is 2.39. The van der Waals surface area contributed by atoms with Crippen LogP contribution in [0.1, 0.15) is 31.2 Å². The second kappa shape index (κ2) is 9.84. The number of aromatic nitrogens is 5. The van der Waals surface area contributed by atoms with Crippen LogP contribution in [0.2, 0.25) is 0 Å². The van der Waals surface area contributed by atoms with E-state index in [0.29, 0.717) is 23.7 Å². The van der Waals surface area contributed by atoms with Gasteiger partial charge in [-0.1, -0.05) is 0 Å². The Balaban J connectivity index is 0.000000806. The fourth-order valence-electron chi connectivity index (χ4n) is 5.44. The van der Waals surface area contributed by atoms with Crippen LogP contribution in [-0.2, 0) is 10.9 Å². The largest absolute Gasteiger partial charge is 0.351 e. The Morgan fingerprint density at radius 1 is 1.03 bits per heavy atom. The zero-order chi connectivity index (χ0) is 24.5. The number of rotatable bonds is 3. The van der Waals surface area contributed by atoms with Crippen molar-refractivity contribution in [2.24, 2.45) is 12.8 Å². The molecule has 2 aliphatic rings. The summed E-state index contributed by atoms with van der Waals surface area (Å²) in [6, 6.07) is 9.85. The average molecular weight is 511 g/mol. The molecule has 0 aliphatic carbocycles. The Hall–Kier alpha value is -3.16. The third-order valence-corrected chi connectivity index (χ3v) is 6.86. The SMILES string of the molecule is ClOCl.Cn1cc(-c2cc(-c3ccc(N4[C@@H]5CC[C@H]4C[C@H](N)C5)nc3)c3c(C#N)cnn3c2)cn1. The summed E-state index contributed by atoms with van der Waals surface area (Å²) < 4.78 is 6.74. The molecule has 0 spiro atoms. The molecule has 0 amide bonds. The first-order chi connectivity index (χ1) is 17.0. The second-order valence-electron chi connectivity index (χ2n) is 9.00. The number of pyridine rings is 2. The van der Waals surface area contributed by atoms with E-state index >= 15 is 0 Å². The van der Waals surface area contributed by atoms with Crippen LogP contribution in [0.4, 0.5) is 5.82 Å². The molecule has 2 fully saturated rings. The number of aryl methyl sites for hydroxylation is 1. The van der Waals surface area contributed by atoms with Crippen LogP contribution >= 0.6 is 23.7 Å². The topological polar surface area (TPSA) is 110 Å². The molecule has 6 rings (SSSR count). The number of anilines is 1. The van der Waals surface area contributed by atoms with Gasteiger partial charge in [0.1, 0.15) is 11.9 Å². The van der Waals surface area contributed by atoms with E-state index < -0.39 is 0 Å². The molecule has 2 aliphatic heterocycles. The molecule has 2 N–H and O–H groups in total. The van der Waals surface area contributed by atoms with Gasteiger partial charge in [0, 0.05) is 66.0 Å². The lowest BCUT2D eigenvalue weighted by atomic mass is 9.98. The first kappa shape index (κ1) is 23.6. The van der Waals surface area contributed by atoms with Gasteiger partial charge in [0.15, 0.2) is 0 Å². The summed E-state index contributed by atoms with van der Waals surface area (Å²) in [4.78, 5) is 7.32. The van der Waals surface area contributed by atoms with Crippen molar-refractivity contribution < 1.29 is 3.84 Å². The molecule has 0 saturated carbocycles. The fourth-order valence-corrected chi connectivity index (χ4v) is 5.44. The molecule has 3 atom stereocenters. The molecule has 2 saturated heterocycles. The van der Waals surface area contributed by atoms with Crippen LogP contribution in [0.25, 0.3) is 27.8 Å². The predicted octanol–water partition coefficient (Wildman–Crippen LogP) is 4.44. The van der Waals surface area contributed by atoms with Crippen LogP contribution in [0.15, 0.2) is 49.2 Å². The Kier molecular flexibility index (Phi) is 6.62. The molecule has 6 heterocycles. The Morgan fingerprint density at radius 2 is 1.77 bits per heavy atom. The highest BCUT2D eigenvalue weighted by molar-refractivity contribution is 6.24. The van der Waals surface area contributed by atoms with Crippen molar-refractivity contribution in [3.05, 3.63) is 54.7 Å². The van der Waals surface area contributed by atoms with Crippen molar-refractivity contribution in [2.75, 3.05) is 4.90 Å². The summed E-state index contributed by atoms with van der Waals surface area (Å²) in [5.74, 6) is 1.02. The number of fused-ring (bicyclic) bond motifs is 3. The molecule has 4 aromatic heterocycles. The number of hydrogen-bond acceptors (Lipinski definition) is 7. The minimum absolute atomic E-state index is 0.304. The first-order valence-corrected chi connectivity index (χ1v) is 11.9. The van der Waals surface area contributed by atoms with Gasteiger partial charge in [-0.05, 0) is 43.9 Å². The summed E-state index contributed by atoms with van der Waals surface area (Å²) >= 11 is 8.53.